The molecule has 26 heavy (non-hydrogen) atoms. The van der Waals surface area contributed by atoms with Gasteiger partial charge in [0.05, 0.1) is 12.8 Å². The van der Waals surface area contributed by atoms with Crippen molar-refractivity contribution in [1.29, 1.82) is 0 Å². The van der Waals surface area contributed by atoms with E-state index >= 15 is 0 Å². The fourth-order valence-electron chi connectivity index (χ4n) is 3.15. The van der Waals surface area contributed by atoms with Crippen LogP contribution in [0.4, 0.5) is 5.69 Å². The van der Waals surface area contributed by atoms with Crippen molar-refractivity contribution in [3.8, 4) is 5.75 Å². The number of ether oxygens (including phenoxy) is 2. The Labute approximate surface area is 161 Å². The number of unbranched alkanes of at least 4 members (excludes halogenated alkanes) is 2. The van der Waals surface area contributed by atoms with Gasteiger partial charge in [0.1, 0.15) is 5.75 Å². The van der Waals surface area contributed by atoms with Crippen LogP contribution in [-0.4, -0.2) is 59.5 Å². The third kappa shape index (κ3) is 6.25. The number of methoxy groups -OCH3 is 2. The Bertz CT molecular complexity index is 583. The Hall–Kier alpha value is -1.66. The first kappa shape index (κ1) is 20.6. The standard InChI is InChI=1S/C19H31ClN4O2/c1-21-19(22-10-5-4-6-12-25-2)23-16-9-11-24(14-16)17-13-15(20)7-8-18(17)26-3/h7-8,13,16H,4-6,9-12,14H2,1-3H3,(H2,21,22,23). The molecule has 0 saturated carbocycles. The second-order valence-corrected chi connectivity index (χ2v) is 6.88. The Morgan fingerprint density at radius 3 is 2.88 bits per heavy atom. The number of hydrogen-bond acceptors (Lipinski definition) is 4. The highest BCUT2D eigenvalue weighted by molar-refractivity contribution is 6.30. The first-order valence-electron chi connectivity index (χ1n) is 9.22. The van der Waals surface area contributed by atoms with Crippen LogP contribution in [0, 0.1) is 0 Å². The minimum absolute atomic E-state index is 0.346. The zero-order valence-electron chi connectivity index (χ0n) is 16.1. The molecular formula is C19H31ClN4O2. The molecular weight excluding hydrogens is 352 g/mol. The van der Waals surface area contributed by atoms with E-state index in [1.165, 1.54) is 0 Å². The highest BCUT2D eigenvalue weighted by Gasteiger charge is 2.25. The predicted octanol–water partition coefficient (Wildman–Crippen LogP) is 2.91. The fraction of sp³-hybridized carbons (Fsp3) is 0.632. The number of halogens is 1. The lowest BCUT2D eigenvalue weighted by atomic mass is 10.2. The summed E-state index contributed by atoms with van der Waals surface area (Å²) in [5.41, 5.74) is 1.05. The molecule has 1 saturated heterocycles. The summed E-state index contributed by atoms with van der Waals surface area (Å²) in [5.74, 6) is 1.72. The van der Waals surface area contributed by atoms with Gasteiger partial charge in [-0.25, -0.2) is 0 Å². The summed E-state index contributed by atoms with van der Waals surface area (Å²) in [6.45, 7) is 3.60. The van der Waals surface area contributed by atoms with Gasteiger partial charge in [0.15, 0.2) is 5.96 Å². The van der Waals surface area contributed by atoms with E-state index in [0.29, 0.717) is 6.04 Å². The molecule has 1 aromatic carbocycles. The molecule has 0 spiro atoms. The van der Waals surface area contributed by atoms with E-state index in [9.17, 15) is 0 Å². The van der Waals surface area contributed by atoms with Crippen LogP contribution in [0.3, 0.4) is 0 Å². The SMILES string of the molecule is CN=C(NCCCCCOC)NC1CCN(c2cc(Cl)ccc2OC)C1. The largest absolute Gasteiger partial charge is 0.495 e. The summed E-state index contributed by atoms with van der Waals surface area (Å²) >= 11 is 6.16. The fourth-order valence-corrected chi connectivity index (χ4v) is 3.32. The Kier molecular flexibility index (Phi) is 8.85. The van der Waals surface area contributed by atoms with Crippen molar-refractivity contribution in [3.05, 3.63) is 23.2 Å². The molecule has 0 aliphatic carbocycles. The normalized spacial score (nSPS) is 17.5. The number of anilines is 1. The van der Waals surface area contributed by atoms with Crippen LogP contribution in [0.15, 0.2) is 23.2 Å². The van der Waals surface area contributed by atoms with E-state index in [1.807, 2.05) is 25.2 Å². The van der Waals surface area contributed by atoms with Crippen molar-refractivity contribution in [3.63, 3.8) is 0 Å². The van der Waals surface area contributed by atoms with Gasteiger partial charge in [-0.2, -0.15) is 0 Å². The van der Waals surface area contributed by atoms with Gasteiger partial charge in [-0.05, 0) is 43.9 Å². The number of rotatable bonds is 9. The topological polar surface area (TPSA) is 58.1 Å². The Balaban J connectivity index is 1.80. The number of nitrogens with one attached hydrogen (secondary N) is 2. The minimum atomic E-state index is 0.346. The van der Waals surface area contributed by atoms with Crippen LogP contribution in [0.5, 0.6) is 5.75 Å². The summed E-state index contributed by atoms with van der Waals surface area (Å²) in [6.07, 6.45) is 4.41. The smallest absolute Gasteiger partial charge is 0.191 e. The van der Waals surface area contributed by atoms with E-state index < -0.39 is 0 Å². The van der Waals surface area contributed by atoms with Gasteiger partial charge in [0.2, 0.25) is 0 Å². The first-order chi connectivity index (χ1) is 12.7. The van der Waals surface area contributed by atoms with Gasteiger partial charge in [-0.3, -0.25) is 4.99 Å². The highest BCUT2D eigenvalue weighted by atomic mass is 35.5. The predicted molar refractivity (Wildman–Crippen MR) is 109 cm³/mol. The van der Waals surface area contributed by atoms with Crippen LogP contribution in [0.25, 0.3) is 0 Å². The highest BCUT2D eigenvalue weighted by Crippen LogP contribution is 2.33. The molecule has 1 aliphatic heterocycles. The second kappa shape index (κ2) is 11.1. The summed E-state index contributed by atoms with van der Waals surface area (Å²) < 4.78 is 10.5. The van der Waals surface area contributed by atoms with Gasteiger partial charge < -0.3 is 25.0 Å². The maximum atomic E-state index is 6.16. The molecule has 1 aliphatic rings. The van der Waals surface area contributed by atoms with Crippen LogP contribution in [-0.2, 0) is 4.74 Å². The van der Waals surface area contributed by atoms with E-state index in [1.54, 1.807) is 14.2 Å². The molecule has 7 heteroatoms. The van der Waals surface area contributed by atoms with Crippen LogP contribution in [0.1, 0.15) is 25.7 Å². The lowest BCUT2D eigenvalue weighted by molar-refractivity contribution is 0.192. The van der Waals surface area contributed by atoms with Gasteiger partial charge in [-0.15, -0.1) is 0 Å². The molecule has 1 aromatic rings. The molecule has 1 atom stereocenters. The van der Waals surface area contributed by atoms with Crippen molar-refractivity contribution in [2.24, 2.45) is 4.99 Å². The Morgan fingerprint density at radius 1 is 1.31 bits per heavy atom. The number of benzene rings is 1. The number of aliphatic imine (C=N–C) groups is 1. The number of guanidine groups is 1. The third-order valence-corrected chi connectivity index (χ3v) is 4.79. The van der Waals surface area contributed by atoms with Crippen molar-refractivity contribution in [1.82, 2.24) is 10.6 Å². The molecule has 0 aromatic heterocycles. The van der Waals surface area contributed by atoms with Gasteiger partial charge in [0, 0.05) is 51.5 Å². The second-order valence-electron chi connectivity index (χ2n) is 6.44. The lowest BCUT2D eigenvalue weighted by Crippen LogP contribution is -2.44. The van der Waals surface area contributed by atoms with Gasteiger partial charge in [-0.1, -0.05) is 11.6 Å². The number of hydrogen-bond donors (Lipinski definition) is 2. The van der Waals surface area contributed by atoms with Crippen molar-refractivity contribution >= 4 is 23.2 Å². The van der Waals surface area contributed by atoms with E-state index in [4.69, 9.17) is 21.1 Å². The maximum absolute atomic E-state index is 6.16. The van der Waals surface area contributed by atoms with E-state index in [-0.39, 0.29) is 0 Å². The third-order valence-electron chi connectivity index (χ3n) is 4.55. The molecule has 1 unspecified atom stereocenters. The Morgan fingerprint density at radius 2 is 2.15 bits per heavy atom. The van der Waals surface area contributed by atoms with E-state index in [2.05, 4.69) is 20.5 Å². The molecule has 2 N–H and O–H groups in total. The quantitative estimate of drug-likeness (QED) is 0.390. The van der Waals surface area contributed by atoms with E-state index in [0.717, 1.165) is 74.3 Å². The summed E-state index contributed by atoms with van der Waals surface area (Å²) in [6, 6.07) is 6.09. The number of nitrogens with zero attached hydrogens (tertiary/aromatic N) is 2. The average molecular weight is 383 g/mol. The monoisotopic (exact) mass is 382 g/mol. The lowest BCUT2D eigenvalue weighted by Gasteiger charge is -2.22. The van der Waals surface area contributed by atoms with Gasteiger partial charge >= 0.3 is 0 Å². The van der Waals surface area contributed by atoms with Crippen molar-refractivity contribution in [2.45, 2.75) is 31.7 Å². The molecule has 6 nitrogen and oxygen atoms in total. The van der Waals surface area contributed by atoms with Crippen molar-refractivity contribution < 1.29 is 9.47 Å². The molecule has 1 heterocycles. The molecule has 0 bridgehead atoms. The van der Waals surface area contributed by atoms with Crippen LogP contribution >= 0.6 is 11.6 Å². The van der Waals surface area contributed by atoms with Crippen molar-refractivity contribution in [2.75, 3.05) is 52.4 Å². The summed E-state index contributed by atoms with van der Waals surface area (Å²) in [4.78, 5) is 6.64. The van der Waals surface area contributed by atoms with Gasteiger partial charge in [0.25, 0.3) is 0 Å². The molecule has 0 radical (unpaired) electrons. The zero-order chi connectivity index (χ0) is 18.8. The molecule has 146 valence electrons. The summed E-state index contributed by atoms with van der Waals surface area (Å²) in [5, 5.41) is 7.64. The minimum Gasteiger partial charge on any atom is -0.495 e. The average Bonchev–Trinajstić information content (AvgIpc) is 3.12. The van der Waals surface area contributed by atoms with Crippen LogP contribution in [0.2, 0.25) is 5.02 Å². The van der Waals surface area contributed by atoms with Crippen LogP contribution < -0.4 is 20.3 Å². The first-order valence-corrected chi connectivity index (χ1v) is 9.60. The molecule has 0 amide bonds. The summed E-state index contributed by atoms with van der Waals surface area (Å²) in [7, 11) is 5.25. The molecule has 2 rings (SSSR count). The molecule has 1 fully saturated rings. The zero-order valence-corrected chi connectivity index (χ0v) is 16.8. The maximum Gasteiger partial charge on any atom is 0.191 e.